The molecule has 2 aromatic heterocycles. The molecule has 116 valence electrons. The number of carbonyl (C=O) groups excluding carboxylic acids is 1. The first-order chi connectivity index (χ1) is 10.5. The van der Waals surface area contributed by atoms with E-state index in [1.54, 1.807) is 30.3 Å². The van der Waals surface area contributed by atoms with Gasteiger partial charge in [0.15, 0.2) is 0 Å². The minimum Gasteiger partial charge on any atom is -0.372 e. The van der Waals surface area contributed by atoms with Crippen LogP contribution < -0.4 is 5.56 Å². The zero-order valence-corrected chi connectivity index (χ0v) is 12.9. The monoisotopic (exact) mass is 301 g/mol. The van der Waals surface area contributed by atoms with Gasteiger partial charge in [-0.15, -0.1) is 0 Å². The second-order valence-electron chi connectivity index (χ2n) is 5.81. The third-order valence-corrected chi connectivity index (χ3v) is 3.91. The molecule has 1 saturated heterocycles. The molecule has 1 amide bonds. The van der Waals surface area contributed by atoms with E-state index in [0.29, 0.717) is 18.7 Å². The van der Waals surface area contributed by atoms with Gasteiger partial charge >= 0.3 is 0 Å². The van der Waals surface area contributed by atoms with Gasteiger partial charge in [-0.1, -0.05) is 0 Å². The highest BCUT2D eigenvalue weighted by molar-refractivity contribution is 5.97. The molecule has 2 atom stereocenters. The summed E-state index contributed by atoms with van der Waals surface area (Å²) in [6.45, 7) is 4.85. The van der Waals surface area contributed by atoms with Gasteiger partial charge in [-0.3, -0.25) is 14.2 Å². The number of carbonyl (C=O) groups is 1. The zero-order chi connectivity index (χ0) is 15.9. The second-order valence-corrected chi connectivity index (χ2v) is 5.81. The SMILES string of the molecule is C[C@@H]1CN(C(=O)c2cc3cccnc3n(C)c2=O)C[C@@H](C)O1. The second kappa shape index (κ2) is 5.53. The van der Waals surface area contributed by atoms with E-state index in [-0.39, 0.29) is 29.2 Å². The third-order valence-electron chi connectivity index (χ3n) is 3.91. The van der Waals surface area contributed by atoms with Gasteiger partial charge < -0.3 is 9.64 Å². The highest BCUT2D eigenvalue weighted by Crippen LogP contribution is 2.15. The van der Waals surface area contributed by atoms with E-state index in [1.165, 1.54) is 4.57 Å². The Kier molecular flexibility index (Phi) is 3.70. The Morgan fingerprint density at radius 1 is 1.32 bits per heavy atom. The van der Waals surface area contributed by atoms with Crippen molar-refractivity contribution in [1.29, 1.82) is 0 Å². The average molecular weight is 301 g/mol. The molecule has 3 heterocycles. The van der Waals surface area contributed by atoms with Gasteiger partial charge in [0.1, 0.15) is 11.2 Å². The molecule has 0 N–H and O–H groups in total. The van der Waals surface area contributed by atoms with E-state index in [4.69, 9.17) is 4.74 Å². The lowest BCUT2D eigenvalue weighted by atomic mass is 10.1. The van der Waals surface area contributed by atoms with E-state index in [0.717, 1.165) is 5.39 Å². The maximum Gasteiger partial charge on any atom is 0.264 e. The highest BCUT2D eigenvalue weighted by Gasteiger charge is 2.28. The lowest BCUT2D eigenvalue weighted by Crippen LogP contribution is -2.49. The number of aryl methyl sites for hydroxylation is 1. The Labute approximate surface area is 128 Å². The van der Waals surface area contributed by atoms with Crippen LogP contribution in [0.4, 0.5) is 0 Å². The van der Waals surface area contributed by atoms with Crippen LogP contribution in [-0.2, 0) is 11.8 Å². The number of ether oxygens (including phenoxy) is 1. The first-order valence-corrected chi connectivity index (χ1v) is 7.37. The van der Waals surface area contributed by atoms with Crippen molar-refractivity contribution in [3.05, 3.63) is 40.3 Å². The van der Waals surface area contributed by atoms with Crippen molar-refractivity contribution in [2.75, 3.05) is 13.1 Å². The Balaban J connectivity index is 2.04. The molecule has 0 spiro atoms. The first-order valence-electron chi connectivity index (χ1n) is 7.37. The zero-order valence-electron chi connectivity index (χ0n) is 12.9. The third kappa shape index (κ3) is 2.50. The molecule has 0 aliphatic carbocycles. The van der Waals surface area contributed by atoms with Crippen LogP contribution in [0, 0.1) is 0 Å². The molecule has 2 aromatic rings. The summed E-state index contributed by atoms with van der Waals surface area (Å²) in [5, 5.41) is 0.780. The highest BCUT2D eigenvalue weighted by atomic mass is 16.5. The summed E-state index contributed by atoms with van der Waals surface area (Å²) in [7, 11) is 1.64. The van der Waals surface area contributed by atoms with Crippen LogP contribution in [0.15, 0.2) is 29.2 Å². The molecular weight excluding hydrogens is 282 g/mol. The number of hydrogen-bond acceptors (Lipinski definition) is 4. The van der Waals surface area contributed by atoms with Crippen molar-refractivity contribution >= 4 is 16.9 Å². The maximum atomic E-state index is 12.7. The number of pyridine rings is 2. The minimum absolute atomic E-state index is 0.0290. The number of nitrogens with zero attached hydrogens (tertiary/aromatic N) is 3. The molecule has 1 aliphatic heterocycles. The lowest BCUT2D eigenvalue weighted by Gasteiger charge is -2.35. The van der Waals surface area contributed by atoms with E-state index in [9.17, 15) is 9.59 Å². The molecule has 0 radical (unpaired) electrons. The molecule has 1 fully saturated rings. The number of aromatic nitrogens is 2. The quantitative estimate of drug-likeness (QED) is 0.793. The first kappa shape index (κ1) is 14.7. The van der Waals surface area contributed by atoms with Crippen molar-refractivity contribution in [1.82, 2.24) is 14.5 Å². The Bertz CT molecular complexity index is 774. The fourth-order valence-corrected chi connectivity index (χ4v) is 2.96. The molecule has 6 heteroatoms. The van der Waals surface area contributed by atoms with Crippen LogP contribution in [-0.4, -0.2) is 45.7 Å². The predicted octanol–water partition coefficient (Wildman–Crippen LogP) is 1.18. The van der Waals surface area contributed by atoms with Crippen molar-refractivity contribution in [3.8, 4) is 0 Å². The summed E-state index contributed by atoms with van der Waals surface area (Å²) >= 11 is 0. The van der Waals surface area contributed by atoms with E-state index in [1.807, 2.05) is 19.9 Å². The Morgan fingerprint density at radius 2 is 2.00 bits per heavy atom. The number of hydrogen-bond donors (Lipinski definition) is 0. The van der Waals surface area contributed by atoms with Gasteiger partial charge in [0.2, 0.25) is 0 Å². The van der Waals surface area contributed by atoms with Gasteiger partial charge in [0.25, 0.3) is 11.5 Å². The summed E-state index contributed by atoms with van der Waals surface area (Å²) < 4.78 is 7.07. The van der Waals surface area contributed by atoms with Crippen LogP contribution in [0.5, 0.6) is 0 Å². The summed E-state index contributed by atoms with van der Waals surface area (Å²) in [5.74, 6) is -0.242. The minimum atomic E-state index is -0.317. The summed E-state index contributed by atoms with van der Waals surface area (Å²) in [4.78, 5) is 31.1. The van der Waals surface area contributed by atoms with E-state index >= 15 is 0 Å². The van der Waals surface area contributed by atoms with Gasteiger partial charge in [-0.2, -0.15) is 0 Å². The molecular formula is C16H19N3O3. The van der Waals surface area contributed by atoms with Crippen LogP contribution in [0.1, 0.15) is 24.2 Å². The van der Waals surface area contributed by atoms with Gasteiger partial charge in [0.05, 0.1) is 12.2 Å². The van der Waals surface area contributed by atoms with Crippen molar-refractivity contribution in [2.24, 2.45) is 7.05 Å². The van der Waals surface area contributed by atoms with Gasteiger partial charge in [-0.05, 0) is 32.0 Å². The number of rotatable bonds is 1. The smallest absolute Gasteiger partial charge is 0.264 e. The fraction of sp³-hybridized carbons (Fsp3) is 0.438. The molecule has 0 aromatic carbocycles. The molecule has 6 nitrogen and oxygen atoms in total. The molecule has 22 heavy (non-hydrogen) atoms. The van der Waals surface area contributed by atoms with Crippen LogP contribution >= 0.6 is 0 Å². The van der Waals surface area contributed by atoms with Crippen LogP contribution in [0.2, 0.25) is 0 Å². The summed E-state index contributed by atoms with van der Waals surface area (Å²) in [5.41, 5.74) is 0.445. The Hall–Kier alpha value is -2.21. The molecule has 0 bridgehead atoms. The topological polar surface area (TPSA) is 64.4 Å². The van der Waals surface area contributed by atoms with Crippen molar-refractivity contribution in [2.45, 2.75) is 26.1 Å². The fourth-order valence-electron chi connectivity index (χ4n) is 2.96. The average Bonchev–Trinajstić information content (AvgIpc) is 2.49. The molecule has 1 aliphatic rings. The van der Waals surface area contributed by atoms with Crippen molar-refractivity contribution in [3.63, 3.8) is 0 Å². The normalized spacial score (nSPS) is 22.0. The summed E-state index contributed by atoms with van der Waals surface area (Å²) in [6.07, 6.45) is 1.58. The summed E-state index contributed by atoms with van der Waals surface area (Å²) in [6, 6.07) is 5.28. The number of amides is 1. The largest absolute Gasteiger partial charge is 0.372 e. The van der Waals surface area contributed by atoms with Gasteiger partial charge in [-0.25, -0.2) is 4.98 Å². The molecule has 0 saturated carbocycles. The number of fused-ring (bicyclic) bond motifs is 1. The Morgan fingerprint density at radius 3 is 2.68 bits per heavy atom. The standard InChI is InChI=1S/C16H19N3O3/c1-10-8-19(9-11(2)22-10)16(21)13-7-12-5-4-6-17-14(12)18(3)15(13)20/h4-7,10-11H,8-9H2,1-3H3/t10-,11-/m1/s1. The number of morpholine rings is 1. The molecule has 0 unspecified atom stereocenters. The van der Waals surface area contributed by atoms with Crippen molar-refractivity contribution < 1.29 is 9.53 Å². The van der Waals surface area contributed by atoms with Gasteiger partial charge in [0, 0.05) is 31.7 Å². The van der Waals surface area contributed by atoms with E-state index in [2.05, 4.69) is 4.98 Å². The lowest BCUT2D eigenvalue weighted by molar-refractivity contribution is -0.0586. The van der Waals surface area contributed by atoms with Crippen LogP contribution in [0.25, 0.3) is 11.0 Å². The maximum absolute atomic E-state index is 12.7. The van der Waals surface area contributed by atoms with Crippen LogP contribution in [0.3, 0.4) is 0 Å². The predicted molar refractivity (Wildman–Crippen MR) is 82.9 cm³/mol. The van der Waals surface area contributed by atoms with E-state index < -0.39 is 0 Å². The molecule has 3 rings (SSSR count).